The minimum Gasteiger partial charge on any atom is -0.496 e. The van der Waals surface area contributed by atoms with Crippen LogP contribution in [0.2, 0.25) is 0 Å². The second-order valence-corrected chi connectivity index (χ2v) is 4.67. The summed E-state index contributed by atoms with van der Waals surface area (Å²) in [6.07, 6.45) is 1.97. The van der Waals surface area contributed by atoms with Crippen LogP contribution in [0.25, 0.3) is 5.69 Å². The van der Waals surface area contributed by atoms with Gasteiger partial charge in [-0.05, 0) is 53.3 Å². The molecule has 5 heteroatoms. The lowest BCUT2D eigenvalue weighted by Crippen LogP contribution is -1.93. The fourth-order valence-electron chi connectivity index (χ4n) is 1.51. The topological polar surface area (TPSA) is 29.9 Å². The summed E-state index contributed by atoms with van der Waals surface area (Å²) in [5.41, 5.74) is 2.04. The molecule has 1 aromatic carbocycles. The van der Waals surface area contributed by atoms with Gasteiger partial charge in [0.05, 0.1) is 11.6 Å². The van der Waals surface area contributed by atoms with E-state index in [9.17, 15) is 0 Å². The first-order valence-corrected chi connectivity index (χ1v) is 5.94. The molecule has 1 N–H and O–H groups in total. The van der Waals surface area contributed by atoms with Crippen LogP contribution in [-0.2, 0) is 0 Å². The van der Waals surface area contributed by atoms with Crippen LogP contribution in [0.5, 0.6) is 5.75 Å². The molecule has 0 unspecified atom stereocenters. The van der Waals surface area contributed by atoms with Gasteiger partial charge in [0.1, 0.15) is 5.75 Å². The summed E-state index contributed by atoms with van der Waals surface area (Å²) in [7, 11) is 1.64. The number of hydrogen-bond donors (Lipinski definition) is 1. The lowest BCUT2D eigenvalue weighted by atomic mass is 10.3. The predicted molar refractivity (Wildman–Crippen MR) is 69.9 cm³/mol. The molecule has 3 nitrogen and oxygen atoms in total. The molecule has 1 heterocycles. The van der Waals surface area contributed by atoms with Gasteiger partial charge in [-0.25, -0.2) is 0 Å². The van der Waals surface area contributed by atoms with E-state index >= 15 is 0 Å². The number of hydrogen-bond acceptors (Lipinski definition) is 2. The van der Waals surface area contributed by atoms with Gasteiger partial charge in [0, 0.05) is 17.6 Å². The Morgan fingerprint density at radius 3 is 2.69 bits per heavy atom. The van der Waals surface area contributed by atoms with Crippen molar-refractivity contribution in [3.05, 3.63) is 39.3 Å². The Hall–Kier alpha value is -1.07. The fourth-order valence-corrected chi connectivity index (χ4v) is 2.36. The summed E-state index contributed by atoms with van der Waals surface area (Å²) in [4.78, 5) is 3.09. The maximum atomic E-state index is 5.22. The number of rotatable bonds is 2. The average molecular weight is 299 g/mol. The number of benzene rings is 1. The minimum absolute atomic E-state index is 0.689. The SMILES string of the molecule is COc1ccc(-n2cc(C)[nH]c2=S)cc1Br. The third-order valence-electron chi connectivity index (χ3n) is 2.26. The first kappa shape index (κ1) is 11.4. The van der Waals surface area contributed by atoms with E-state index < -0.39 is 0 Å². The smallest absolute Gasteiger partial charge is 0.181 e. The van der Waals surface area contributed by atoms with Crippen molar-refractivity contribution in [2.75, 3.05) is 7.11 Å². The zero-order valence-corrected chi connectivity index (χ0v) is 11.4. The molecule has 0 aliphatic rings. The Kier molecular flexibility index (Phi) is 3.16. The van der Waals surface area contributed by atoms with E-state index in [1.807, 2.05) is 35.9 Å². The van der Waals surface area contributed by atoms with E-state index in [2.05, 4.69) is 20.9 Å². The van der Waals surface area contributed by atoms with E-state index in [0.29, 0.717) is 4.77 Å². The van der Waals surface area contributed by atoms with E-state index in [4.69, 9.17) is 17.0 Å². The Labute approximate surface area is 107 Å². The maximum absolute atomic E-state index is 5.22. The molecule has 0 spiro atoms. The molecule has 0 fully saturated rings. The Bertz CT molecular complexity index is 574. The van der Waals surface area contributed by atoms with Crippen molar-refractivity contribution >= 4 is 28.1 Å². The molecule has 0 saturated heterocycles. The Morgan fingerprint density at radius 1 is 1.44 bits per heavy atom. The van der Waals surface area contributed by atoms with Crippen molar-refractivity contribution in [2.45, 2.75) is 6.92 Å². The highest BCUT2D eigenvalue weighted by atomic mass is 79.9. The quantitative estimate of drug-likeness (QED) is 0.858. The number of nitrogens with one attached hydrogen (secondary N) is 1. The summed E-state index contributed by atoms with van der Waals surface area (Å²) in [5.74, 6) is 0.808. The molecule has 0 aliphatic heterocycles. The Morgan fingerprint density at radius 2 is 2.19 bits per heavy atom. The largest absolute Gasteiger partial charge is 0.496 e. The summed E-state index contributed by atoms with van der Waals surface area (Å²) >= 11 is 8.67. The van der Waals surface area contributed by atoms with Crippen LogP contribution < -0.4 is 4.74 Å². The van der Waals surface area contributed by atoms with Crippen LogP contribution in [0, 0.1) is 11.7 Å². The molecule has 0 aliphatic carbocycles. The van der Waals surface area contributed by atoms with Crippen LogP contribution in [0.3, 0.4) is 0 Å². The molecule has 2 rings (SSSR count). The molecule has 2 aromatic rings. The normalized spacial score (nSPS) is 10.4. The molecule has 0 saturated carbocycles. The van der Waals surface area contributed by atoms with E-state index in [1.54, 1.807) is 7.11 Å². The highest BCUT2D eigenvalue weighted by molar-refractivity contribution is 9.10. The molecule has 1 aromatic heterocycles. The molecule has 0 bridgehead atoms. The number of aromatic amines is 1. The molecule has 84 valence electrons. The first-order valence-electron chi connectivity index (χ1n) is 4.74. The third kappa shape index (κ3) is 2.05. The number of imidazole rings is 1. The average Bonchev–Trinajstić information content (AvgIpc) is 2.58. The predicted octanol–water partition coefficient (Wildman–Crippen LogP) is 3.61. The van der Waals surface area contributed by atoms with Crippen molar-refractivity contribution in [3.8, 4) is 11.4 Å². The number of ether oxygens (including phenoxy) is 1. The van der Waals surface area contributed by atoms with Crippen LogP contribution in [0.1, 0.15) is 5.69 Å². The van der Waals surface area contributed by atoms with E-state index in [0.717, 1.165) is 21.6 Å². The standard InChI is InChI=1S/C11H11BrN2OS/c1-7-6-14(11(16)13-7)8-3-4-10(15-2)9(12)5-8/h3-6H,1-2H3,(H,13,16). The van der Waals surface area contributed by atoms with Crippen molar-refractivity contribution in [2.24, 2.45) is 0 Å². The number of nitrogens with zero attached hydrogens (tertiary/aromatic N) is 1. The van der Waals surface area contributed by atoms with Gasteiger partial charge in [-0.15, -0.1) is 0 Å². The van der Waals surface area contributed by atoms with Crippen LogP contribution in [0.15, 0.2) is 28.9 Å². The summed E-state index contributed by atoms with van der Waals surface area (Å²) in [6.45, 7) is 1.98. The number of H-pyrrole nitrogens is 1. The van der Waals surface area contributed by atoms with Crippen LogP contribution in [-0.4, -0.2) is 16.7 Å². The molecular weight excluding hydrogens is 288 g/mol. The van der Waals surface area contributed by atoms with Gasteiger partial charge in [-0.1, -0.05) is 0 Å². The summed E-state index contributed by atoms with van der Waals surface area (Å²) in [6, 6.07) is 5.85. The second kappa shape index (κ2) is 4.43. The van der Waals surface area contributed by atoms with Crippen molar-refractivity contribution < 1.29 is 4.74 Å². The third-order valence-corrected chi connectivity index (χ3v) is 3.18. The van der Waals surface area contributed by atoms with Crippen molar-refractivity contribution in [3.63, 3.8) is 0 Å². The van der Waals surface area contributed by atoms with E-state index in [1.165, 1.54) is 0 Å². The van der Waals surface area contributed by atoms with Gasteiger partial charge in [0.2, 0.25) is 0 Å². The Balaban J connectivity index is 2.53. The molecular formula is C11H11BrN2OS. The molecule has 0 amide bonds. The minimum atomic E-state index is 0.689. The number of methoxy groups -OCH3 is 1. The van der Waals surface area contributed by atoms with Gasteiger partial charge >= 0.3 is 0 Å². The van der Waals surface area contributed by atoms with Gasteiger partial charge in [0.25, 0.3) is 0 Å². The first-order chi connectivity index (χ1) is 7.61. The highest BCUT2D eigenvalue weighted by Gasteiger charge is 2.04. The zero-order valence-electron chi connectivity index (χ0n) is 8.95. The summed E-state index contributed by atoms with van der Waals surface area (Å²) < 4.78 is 8.71. The van der Waals surface area contributed by atoms with Gasteiger partial charge in [-0.3, -0.25) is 4.57 Å². The van der Waals surface area contributed by atoms with Gasteiger partial charge in [-0.2, -0.15) is 0 Å². The number of aromatic nitrogens is 2. The zero-order chi connectivity index (χ0) is 11.7. The van der Waals surface area contributed by atoms with Crippen molar-refractivity contribution in [1.82, 2.24) is 9.55 Å². The number of halogens is 1. The monoisotopic (exact) mass is 298 g/mol. The number of aryl methyl sites for hydroxylation is 1. The highest BCUT2D eigenvalue weighted by Crippen LogP contribution is 2.27. The second-order valence-electron chi connectivity index (χ2n) is 3.43. The van der Waals surface area contributed by atoms with Gasteiger partial charge < -0.3 is 9.72 Å². The maximum Gasteiger partial charge on any atom is 0.181 e. The fraction of sp³-hybridized carbons (Fsp3) is 0.182. The molecule has 0 atom stereocenters. The molecule has 16 heavy (non-hydrogen) atoms. The lowest BCUT2D eigenvalue weighted by molar-refractivity contribution is 0.412. The van der Waals surface area contributed by atoms with Crippen LogP contribution >= 0.6 is 28.1 Å². The van der Waals surface area contributed by atoms with E-state index in [-0.39, 0.29) is 0 Å². The molecule has 0 radical (unpaired) electrons. The van der Waals surface area contributed by atoms with Gasteiger partial charge in [0.15, 0.2) is 4.77 Å². The lowest BCUT2D eigenvalue weighted by Gasteiger charge is -2.06. The summed E-state index contributed by atoms with van der Waals surface area (Å²) in [5, 5.41) is 0. The van der Waals surface area contributed by atoms with Crippen molar-refractivity contribution in [1.29, 1.82) is 0 Å². The van der Waals surface area contributed by atoms with Crippen LogP contribution in [0.4, 0.5) is 0 Å².